The molecule has 3 heteroatoms. The van der Waals surface area contributed by atoms with E-state index in [1.165, 1.54) is 25.7 Å². The van der Waals surface area contributed by atoms with E-state index in [1.54, 1.807) is 0 Å². The van der Waals surface area contributed by atoms with Gasteiger partial charge >= 0.3 is 0 Å². The van der Waals surface area contributed by atoms with E-state index in [9.17, 15) is 4.79 Å². The van der Waals surface area contributed by atoms with Gasteiger partial charge in [-0.2, -0.15) is 0 Å². The third kappa shape index (κ3) is 10.2. The molecule has 122 valence electrons. The molecular formula is C17H38N2O. The average Bonchev–Trinajstić information content (AvgIpc) is 2.43. The molecule has 0 aliphatic carbocycles. The molecule has 0 aliphatic heterocycles. The van der Waals surface area contributed by atoms with Crippen molar-refractivity contribution in [3.05, 3.63) is 0 Å². The van der Waals surface area contributed by atoms with Crippen molar-refractivity contribution < 1.29 is 4.79 Å². The SMILES string of the molecule is CC.CNCCCCCCCNC(=O)C(C)(C)C(C)C. The van der Waals surface area contributed by atoms with E-state index in [-0.39, 0.29) is 11.3 Å². The monoisotopic (exact) mass is 286 g/mol. The molecule has 0 fully saturated rings. The fraction of sp³-hybridized carbons (Fsp3) is 0.941. The first-order chi connectivity index (χ1) is 9.42. The fourth-order valence-corrected chi connectivity index (χ4v) is 1.65. The highest BCUT2D eigenvalue weighted by Gasteiger charge is 2.30. The molecule has 0 aliphatic rings. The molecule has 2 N–H and O–H groups in total. The first-order valence-corrected chi connectivity index (χ1v) is 8.35. The first-order valence-electron chi connectivity index (χ1n) is 8.35. The molecule has 0 aromatic rings. The van der Waals surface area contributed by atoms with Crippen LogP contribution in [0, 0.1) is 11.3 Å². The van der Waals surface area contributed by atoms with Crippen LogP contribution in [-0.4, -0.2) is 26.0 Å². The summed E-state index contributed by atoms with van der Waals surface area (Å²) in [7, 11) is 1.99. The van der Waals surface area contributed by atoms with Crippen LogP contribution in [0.3, 0.4) is 0 Å². The first kappa shape index (κ1) is 21.7. The normalized spacial score (nSPS) is 11.0. The van der Waals surface area contributed by atoms with Crippen molar-refractivity contribution in [1.29, 1.82) is 0 Å². The van der Waals surface area contributed by atoms with Crippen LogP contribution >= 0.6 is 0 Å². The number of hydrogen-bond donors (Lipinski definition) is 2. The van der Waals surface area contributed by atoms with Crippen molar-refractivity contribution >= 4 is 5.91 Å². The van der Waals surface area contributed by atoms with Gasteiger partial charge in [-0.05, 0) is 32.4 Å². The van der Waals surface area contributed by atoms with Gasteiger partial charge < -0.3 is 10.6 Å². The summed E-state index contributed by atoms with van der Waals surface area (Å²) in [5, 5.41) is 6.21. The summed E-state index contributed by atoms with van der Waals surface area (Å²) in [4.78, 5) is 12.0. The van der Waals surface area contributed by atoms with E-state index >= 15 is 0 Å². The molecule has 0 unspecified atom stereocenters. The molecule has 0 radical (unpaired) electrons. The van der Waals surface area contributed by atoms with Crippen LogP contribution < -0.4 is 10.6 Å². The summed E-state index contributed by atoms with van der Waals surface area (Å²) < 4.78 is 0. The number of rotatable bonds is 10. The molecule has 0 saturated carbocycles. The Bertz CT molecular complexity index is 225. The van der Waals surface area contributed by atoms with Crippen molar-refractivity contribution in [3.8, 4) is 0 Å². The van der Waals surface area contributed by atoms with Crippen LogP contribution in [0.2, 0.25) is 0 Å². The number of carbonyl (C=O) groups excluding carboxylic acids is 1. The maximum Gasteiger partial charge on any atom is 0.225 e. The van der Waals surface area contributed by atoms with Gasteiger partial charge in [-0.3, -0.25) is 4.79 Å². The molecule has 0 aromatic heterocycles. The van der Waals surface area contributed by atoms with Gasteiger partial charge in [0.2, 0.25) is 5.91 Å². The lowest BCUT2D eigenvalue weighted by molar-refractivity contribution is -0.131. The summed E-state index contributed by atoms with van der Waals surface area (Å²) in [6.07, 6.45) is 6.12. The standard InChI is InChI=1S/C15H32N2O.C2H6/c1-13(2)15(3,4)14(18)17-12-10-8-6-7-9-11-16-5;1-2/h13,16H,6-12H2,1-5H3,(H,17,18);1-2H3. The molecule has 0 spiro atoms. The predicted molar refractivity (Wildman–Crippen MR) is 90.0 cm³/mol. The van der Waals surface area contributed by atoms with Crippen molar-refractivity contribution in [2.45, 2.75) is 73.6 Å². The van der Waals surface area contributed by atoms with Gasteiger partial charge in [-0.15, -0.1) is 0 Å². The van der Waals surface area contributed by atoms with Crippen LogP contribution in [0.15, 0.2) is 0 Å². The Balaban J connectivity index is 0. The summed E-state index contributed by atoms with van der Waals surface area (Å²) in [5.74, 6) is 0.562. The van der Waals surface area contributed by atoms with E-state index in [1.807, 2.05) is 34.7 Å². The number of amides is 1. The van der Waals surface area contributed by atoms with Crippen molar-refractivity contribution in [2.24, 2.45) is 11.3 Å². The minimum atomic E-state index is -0.257. The lowest BCUT2D eigenvalue weighted by Crippen LogP contribution is -2.40. The molecule has 0 atom stereocenters. The van der Waals surface area contributed by atoms with E-state index in [0.29, 0.717) is 5.92 Å². The Morgan fingerprint density at radius 1 is 0.950 bits per heavy atom. The highest BCUT2D eigenvalue weighted by Crippen LogP contribution is 2.25. The van der Waals surface area contributed by atoms with Gasteiger partial charge in [-0.1, -0.05) is 60.8 Å². The fourth-order valence-electron chi connectivity index (χ4n) is 1.65. The molecule has 20 heavy (non-hydrogen) atoms. The second-order valence-electron chi connectivity index (χ2n) is 6.00. The van der Waals surface area contributed by atoms with E-state index in [0.717, 1.165) is 19.5 Å². The smallest absolute Gasteiger partial charge is 0.225 e. The molecule has 0 bridgehead atoms. The van der Waals surface area contributed by atoms with Gasteiger partial charge in [0.05, 0.1) is 0 Å². The lowest BCUT2D eigenvalue weighted by Gasteiger charge is -2.27. The summed E-state index contributed by atoms with van der Waals surface area (Å²) >= 11 is 0. The second-order valence-corrected chi connectivity index (χ2v) is 6.00. The number of carbonyl (C=O) groups is 1. The zero-order valence-corrected chi connectivity index (χ0v) is 14.9. The number of hydrogen-bond acceptors (Lipinski definition) is 2. The Hall–Kier alpha value is -0.570. The minimum Gasteiger partial charge on any atom is -0.356 e. The predicted octanol–water partition coefficient (Wildman–Crippen LogP) is 3.98. The van der Waals surface area contributed by atoms with Gasteiger partial charge in [0, 0.05) is 12.0 Å². The summed E-state index contributed by atoms with van der Waals surface area (Å²) in [5.41, 5.74) is -0.257. The van der Waals surface area contributed by atoms with Gasteiger partial charge in [0.25, 0.3) is 0 Å². The van der Waals surface area contributed by atoms with Gasteiger partial charge in [0.15, 0.2) is 0 Å². The Labute approximate surface area is 127 Å². The molecule has 0 rings (SSSR count). The maximum absolute atomic E-state index is 12.0. The van der Waals surface area contributed by atoms with Crippen molar-refractivity contribution in [3.63, 3.8) is 0 Å². The van der Waals surface area contributed by atoms with E-state index in [2.05, 4.69) is 24.5 Å². The van der Waals surface area contributed by atoms with E-state index < -0.39 is 0 Å². The minimum absolute atomic E-state index is 0.188. The van der Waals surface area contributed by atoms with Crippen LogP contribution in [0.1, 0.15) is 73.6 Å². The van der Waals surface area contributed by atoms with Crippen molar-refractivity contribution in [2.75, 3.05) is 20.1 Å². The quantitative estimate of drug-likeness (QED) is 0.596. The number of unbranched alkanes of at least 4 members (excludes halogenated alkanes) is 4. The summed E-state index contributed by atoms with van der Waals surface area (Å²) in [6, 6.07) is 0. The molecule has 0 heterocycles. The van der Waals surface area contributed by atoms with Crippen LogP contribution in [0.25, 0.3) is 0 Å². The third-order valence-electron chi connectivity index (χ3n) is 3.92. The second kappa shape index (κ2) is 13.4. The molecule has 0 saturated heterocycles. The zero-order chi connectivity index (χ0) is 16.0. The molecule has 3 nitrogen and oxygen atoms in total. The number of nitrogens with one attached hydrogen (secondary N) is 2. The molecule has 0 aromatic carbocycles. The van der Waals surface area contributed by atoms with Gasteiger partial charge in [0.1, 0.15) is 0 Å². The Morgan fingerprint density at radius 3 is 1.85 bits per heavy atom. The Morgan fingerprint density at radius 2 is 1.40 bits per heavy atom. The Kier molecular flexibility index (Phi) is 14.6. The lowest BCUT2D eigenvalue weighted by atomic mass is 9.80. The zero-order valence-electron chi connectivity index (χ0n) is 14.9. The molecule has 1 amide bonds. The third-order valence-corrected chi connectivity index (χ3v) is 3.92. The van der Waals surface area contributed by atoms with Crippen LogP contribution in [-0.2, 0) is 4.79 Å². The topological polar surface area (TPSA) is 41.1 Å². The maximum atomic E-state index is 12.0. The van der Waals surface area contributed by atoms with Crippen LogP contribution in [0.5, 0.6) is 0 Å². The molecular weight excluding hydrogens is 248 g/mol. The average molecular weight is 287 g/mol. The largest absolute Gasteiger partial charge is 0.356 e. The highest BCUT2D eigenvalue weighted by atomic mass is 16.2. The van der Waals surface area contributed by atoms with Gasteiger partial charge in [-0.25, -0.2) is 0 Å². The van der Waals surface area contributed by atoms with Crippen LogP contribution in [0.4, 0.5) is 0 Å². The van der Waals surface area contributed by atoms with E-state index in [4.69, 9.17) is 0 Å². The highest BCUT2D eigenvalue weighted by molar-refractivity contribution is 5.81. The summed E-state index contributed by atoms with van der Waals surface area (Å²) in [6.45, 7) is 14.2. The van der Waals surface area contributed by atoms with Crippen molar-refractivity contribution in [1.82, 2.24) is 10.6 Å².